The van der Waals surface area contributed by atoms with Crippen molar-refractivity contribution in [3.63, 3.8) is 0 Å². The number of hydrogen-bond donors (Lipinski definition) is 0. The average molecular weight is 521 g/mol. The first-order chi connectivity index (χ1) is 16.3. The van der Waals surface area contributed by atoms with Crippen LogP contribution in [0.3, 0.4) is 0 Å². The van der Waals surface area contributed by atoms with Gasteiger partial charge in [-0.25, -0.2) is 9.50 Å². The Hall–Kier alpha value is -2.72. The zero-order valence-corrected chi connectivity index (χ0v) is 20.7. The van der Waals surface area contributed by atoms with Crippen molar-refractivity contribution in [2.75, 3.05) is 26.2 Å². The molecule has 12 heteroatoms. The summed E-state index contributed by atoms with van der Waals surface area (Å²) in [5.41, 5.74) is 3.51. The van der Waals surface area contributed by atoms with Crippen LogP contribution in [0, 0.1) is 13.8 Å². The first-order valence-corrected chi connectivity index (χ1v) is 11.7. The van der Waals surface area contributed by atoms with Gasteiger partial charge in [0.15, 0.2) is 11.5 Å². The number of hydrogen-bond acceptors (Lipinski definition) is 7. The summed E-state index contributed by atoms with van der Waals surface area (Å²) in [5, 5.41) is 9.39. The normalized spacial score (nSPS) is 14.8. The van der Waals surface area contributed by atoms with Gasteiger partial charge in [0.1, 0.15) is 5.56 Å². The van der Waals surface area contributed by atoms with Gasteiger partial charge in [-0.05, 0) is 32.0 Å². The minimum atomic E-state index is -0.209. The monoisotopic (exact) mass is 519 g/mol. The van der Waals surface area contributed by atoms with E-state index in [9.17, 15) is 4.79 Å². The fourth-order valence-electron chi connectivity index (χ4n) is 4.06. The molecule has 0 unspecified atom stereocenters. The number of carbonyl (C=O) groups excluding carboxylic acids is 1. The van der Waals surface area contributed by atoms with Crippen molar-refractivity contribution < 1.29 is 9.32 Å². The van der Waals surface area contributed by atoms with Crippen molar-refractivity contribution in [1.82, 2.24) is 34.5 Å². The number of piperazine rings is 1. The molecule has 0 aliphatic carbocycles. The molecule has 0 radical (unpaired) electrons. The van der Waals surface area contributed by atoms with Gasteiger partial charge < -0.3 is 9.42 Å². The molecule has 1 aliphatic rings. The van der Waals surface area contributed by atoms with Gasteiger partial charge in [-0.2, -0.15) is 10.1 Å². The standard InChI is InChI=1S/C22H20Cl3N7O2/c1-12-7-13(2)32-20(27-12)15(10-26-32)21-28-18(29-34-21)11-30-3-5-31(6-4-30)22(33)19-16(24)8-14(23)9-17(19)25/h7-10H,3-6,11H2,1-2H3. The Morgan fingerprint density at radius 1 is 1.03 bits per heavy atom. The molecule has 176 valence electrons. The molecule has 9 nitrogen and oxygen atoms in total. The molecule has 1 amide bonds. The molecule has 0 atom stereocenters. The molecule has 34 heavy (non-hydrogen) atoms. The van der Waals surface area contributed by atoms with Gasteiger partial charge in [0, 0.05) is 42.6 Å². The Bertz CT molecular complexity index is 1370. The summed E-state index contributed by atoms with van der Waals surface area (Å²) in [4.78, 5) is 26.0. The second-order valence-electron chi connectivity index (χ2n) is 8.16. The van der Waals surface area contributed by atoms with Crippen LogP contribution in [0.1, 0.15) is 27.6 Å². The summed E-state index contributed by atoms with van der Waals surface area (Å²) >= 11 is 18.4. The number of rotatable bonds is 4. The number of carbonyl (C=O) groups is 1. The molecular formula is C22H20Cl3N7O2. The molecule has 1 aromatic carbocycles. The molecular weight excluding hydrogens is 501 g/mol. The summed E-state index contributed by atoms with van der Waals surface area (Å²) in [6.07, 6.45) is 1.68. The highest BCUT2D eigenvalue weighted by Gasteiger charge is 2.27. The quantitative estimate of drug-likeness (QED) is 0.396. The van der Waals surface area contributed by atoms with Gasteiger partial charge in [-0.15, -0.1) is 0 Å². The number of aromatic nitrogens is 5. The molecule has 5 rings (SSSR count). The molecule has 4 heterocycles. The van der Waals surface area contributed by atoms with Crippen molar-refractivity contribution in [2.24, 2.45) is 0 Å². The van der Waals surface area contributed by atoms with E-state index >= 15 is 0 Å². The second kappa shape index (κ2) is 9.14. The fourth-order valence-corrected chi connectivity index (χ4v) is 5.04. The summed E-state index contributed by atoms with van der Waals surface area (Å²) < 4.78 is 7.26. The van der Waals surface area contributed by atoms with Gasteiger partial charge >= 0.3 is 0 Å². The number of fused-ring (bicyclic) bond motifs is 1. The Labute approximate surface area is 210 Å². The molecule has 1 saturated heterocycles. The summed E-state index contributed by atoms with van der Waals surface area (Å²) in [6, 6.07) is 5.01. The van der Waals surface area contributed by atoms with Crippen LogP contribution in [0.2, 0.25) is 15.1 Å². The summed E-state index contributed by atoms with van der Waals surface area (Å²) in [5.74, 6) is 0.727. The minimum Gasteiger partial charge on any atom is -0.336 e. The van der Waals surface area contributed by atoms with Gasteiger partial charge in [-0.3, -0.25) is 9.69 Å². The van der Waals surface area contributed by atoms with Crippen LogP contribution < -0.4 is 0 Å². The van der Waals surface area contributed by atoms with E-state index in [0.29, 0.717) is 60.7 Å². The lowest BCUT2D eigenvalue weighted by molar-refractivity contribution is 0.0624. The van der Waals surface area contributed by atoms with E-state index in [1.807, 2.05) is 19.9 Å². The predicted molar refractivity (Wildman–Crippen MR) is 128 cm³/mol. The van der Waals surface area contributed by atoms with Crippen LogP contribution in [0.15, 0.2) is 28.9 Å². The third-order valence-electron chi connectivity index (χ3n) is 5.72. The number of amides is 1. The van der Waals surface area contributed by atoms with E-state index in [0.717, 1.165) is 11.4 Å². The average Bonchev–Trinajstić information content (AvgIpc) is 3.40. The zero-order valence-electron chi connectivity index (χ0n) is 18.4. The van der Waals surface area contributed by atoms with Crippen LogP contribution in [-0.2, 0) is 6.54 Å². The smallest absolute Gasteiger partial charge is 0.263 e. The first-order valence-electron chi connectivity index (χ1n) is 10.6. The fraction of sp³-hybridized carbons (Fsp3) is 0.318. The van der Waals surface area contributed by atoms with Crippen molar-refractivity contribution in [1.29, 1.82) is 0 Å². The minimum absolute atomic E-state index is 0.209. The van der Waals surface area contributed by atoms with Crippen molar-refractivity contribution >= 4 is 46.4 Å². The molecule has 1 fully saturated rings. The van der Waals surface area contributed by atoms with Crippen LogP contribution in [0.25, 0.3) is 17.1 Å². The highest BCUT2D eigenvalue weighted by molar-refractivity contribution is 6.42. The Kier molecular flexibility index (Phi) is 6.20. The second-order valence-corrected chi connectivity index (χ2v) is 9.41. The maximum atomic E-state index is 12.9. The number of benzene rings is 1. The molecule has 1 aliphatic heterocycles. The van der Waals surface area contributed by atoms with Gasteiger partial charge in [0.25, 0.3) is 11.8 Å². The van der Waals surface area contributed by atoms with Gasteiger partial charge in [0.05, 0.1) is 28.4 Å². The third-order valence-corrected chi connectivity index (χ3v) is 6.54. The van der Waals surface area contributed by atoms with Crippen molar-refractivity contribution in [3.05, 3.63) is 62.2 Å². The third kappa shape index (κ3) is 4.36. The number of aryl methyl sites for hydroxylation is 2. The van der Waals surface area contributed by atoms with E-state index in [1.165, 1.54) is 12.1 Å². The topological polar surface area (TPSA) is 92.7 Å². The lowest BCUT2D eigenvalue weighted by atomic mass is 10.1. The van der Waals surface area contributed by atoms with Crippen LogP contribution in [-0.4, -0.2) is 66.6 Å². The number of halogens is 3. The molecule has 3 aromatic heterocycles. The van der Waals surface area contributed by atoms with E-state index in [2.05, 4.69) is 25.1 Å². The Morgan fingerprint density at radius 3 is 2.44 bits per heavy atom. The van der Waals surface area contributed by atoms with E-state index in [1.54, 1.807) is 15.6 Å². The highest BCUT2D eigenvalue weighted by atomic mass is 35.5. The van der Waals surface area contributed by atoms with E-state index in [-0.39, 0.29) is 21.5 Å². The lowest BCUT2D eigenvalue weighted by Crippen LogP contribution is -2.48. The van der Waals surface area contributed by atoms with Gasteiger partial charge in [0.2, 0.25) is 0 Å². The molecule has 0 saturated carbocycles. The van der Waals surface area contributed by atoms with Crippen LogP contribution in [0.4, 0.5) is 0 Å². The van der Waals surface area contributed by atoms with Gasteiger partial charge in [-0.1, -0.05) is 40.0 Å². The van der Waals surface area contributed by atoms with Crippen LogP contribution >= 0.6 is 34.8 Å². The highest BCUT2D eigenvalue weighted by Crippen LogP contribution is 2.30. The number of nitrogens with zero attached hydrogens (tertiary/aromatic N) is 7. The molecule has 0 spiro atoms. The van der Waals surface area contributed by atoms with Crippen molar-refractivity contribution in [3.8, 4) is 11.5 Å². The molecule has 0 N–H and O–H groups in total. The van der Waals surface area contributed by atoms with E-state index < -0.39 is 0 Å². The SMILES string of the molecule is Cc1cc(C)n2ncc(-c3nc(CN4CCN(C(=O)c5c(Cl)cc(Cl)cc5Cl)CC4)no3)c2n1. The Balaban J connectivity index is 1.25. The van der Waals surface area contributed by atoms with Crippen molar-refractivity contribution in [2.45, 2.75) is 20.4 Å². The zero-order chi connectivity index (χ0) is 24.0. The van der Waals surface area contributed by atoms with Crippen LogP contribution in [0.5, 0.6) is 0 Å². The largest absolute Gasteiger partial charge is 0.336 e. The summed E-state index contributed by atoms with van der Waals surface area (Å²) in [6.45, 7) is 6.74. The maximum Gasteiger partial charge on any atom is 0.263 e. The summed E-state index contributed by atoms with van der Waals surface area (Å²) in [7, 11) is 0. The first kappa shape index (κ1) is 23.0. The molecule has 0 bridgehead atoms. The van der Waals surface area contributed by atoms with E-state index in [4.69, 9.17) is 39.3 Å². The maximum absolute atomic E-state index is 12.9. The lowest BCUT2D eigenvalue weighted by Gasteiger charge is -2.34. The predicted octanol–water partition coefficient (Wildman–Crippen LogP) is 4.31. The molecule has 4 aromatic rings. The Morgan fingerprint density at radius 2 is 1.74 bits per heavy atom.